The first-order chi connectivity index (χ1) is 21.6. The molecule has 1 aliphatic rings. The van der Waals surface area contributed by atoms with Crippen molar-refractivity contribution < 1.29 is 23.7 Å². The normalized spacial score (nSPS) is 14.3. The predicted molar refractivity (Wildman–Crippen MR) is 177 cm³/mol. The van der Waals surface area contributed by atoms with Crippen molar-refractivity contribution in [3.05, 3.63) is 124 Å². The number of benzene rings is 4. The van der Waals surface area contributed by atoms with Crippen LogP contribution in [-0.4, -0.2) is 38.5 Å². The number of fused-ring (bicyclic) bond motifs is 2. The van der Waals surface area contributed by atoms with Crippen molar-refractivity contribution in [1.82, 2.24) is 0 Å². The van der Waals surface area contributed by atoms with Gasteiger partial charge in [0.1, 0.15) is 18.5 Å². The number of ether oxygens (including phenoxy) is 4. The van der Waals surface area contributed by atoms with Crippen molar-refractivity contribution in [1.29, 1.82) is 0 Å². The standard InChI is InChI=1S/C39H42O5/c1-4-10-28-15-22-35-33(25-28)19-17-31-16-18-32(30-11-8-7-9-12-30)27-36(31)38(35)44-24-23-43-34-20-13-29(14-21-34)26-37(41-5-2)39(40)42-6-3/h7-9,11-22,25,27,37-38H,4-6,10,23-24,26H2,1-3H3. The summed E-state index contributed by atoms with van der Waals surface area (Å²) in [5.41, 5.74) is 9.35. The van der Waals surface area contributed by atoms with E-state index in [1.165, 1.54) is 27.8 Å². The van der Waals surface area contributed by atoms with Crippen LogP contribution in [0.25, 0.3) is 23.3 Å². The Morgan fingerprint density at radius 2 is 1.50 bits per heavy atom. The third-order valence-electron chi connectivity index (χ3n) is 7.79. The van der Waals surface area contributed by atoms with E-state index in [4.69, 9.17) is 18.9 Å². The smallest absolute Gasteiger partial charge is 0.335 e. The monoisotopic (exact) mass is 590 g/mol. The highest BCUT2D eigenvalue weighted by Gasteiger charge is 2.24. The van der Waals surface area contributed by atoms with Crippen molar-refractivity contribution in [3.63, 3.8) is 0 Å². The van der Waals surface area contributed by atoms with Crippen LogP contribution in [0.1, 0.15) is 66.7 Å². The maximum absolute atomic E-state index is 12.2. The lowest BCUT2D eigenvalue weighted by atomic mass is 9.92. The van der Waals surface area contributed by atoms with Gasteiger partial charge in [-0.25, -0.2) is 4.79 Å². The maximum Gasteiger partial charge on any atom is 0.335 e. The Labute approximate surface area is 261 Å². The first kappa shape index (κ1) is 31.2. The first-order valence-corrected chi connectivity index (χ1v) is 15.7. The predicted octanol–water partition coefficient (Wildman–Crippen LogP) is 8.49. The number of hydrogen-bond donors (Lipinski definition) is 0. The van der Waals surface area contributed by atoms with E-state index in [-0.39, 0.29) is 12.1 Å². The van der Waals surface area contributed by atoms with E-state index >= 15 is 0 Å². The Balaban J connectivity index is 1.29. The molecular formula is C39H42O5. The molecule has 5 rings (SSSR count). The highest BCUT2D eigenvalue weighted by molar-refractivity contribution is 5.79. The van der Waals surface area contributed by atoms with Gasteiger partial charge >= 0.3 is 5.97 Å². The van der Waals surface area contributed by atoms with Crippen molar-refractivity contribution in [3.8, 4) is 16.9 Å². The van der Waals surface area contributed by atoms with Gasteiger partial charge in [0.15, 0.2) is 6.10 Å². The lowest BCUT2D eigenvalue weighted by Crippen LogP contribution is -2.28. The van der Waals surface area contributed by atoms with Crippen LogP contribution in [0.2, 0.25) is 0 Å². The summed E-state index contributed by atoms with van der Waals surface area (Å²) in [7, 11) is 0. The van der Waals surface area contributed by atoms with Crippen LogP contribution >= 0.6 is 0 Å². The molecule has 4 aromatic rings. The molecule has 0 bridgehead atoms. The fraction of sp³-hybridized carbons (Fsp3) is 0.308. The number of carbonyl (C=O) groups is 1. The third-order valence-corrected chi connectivity index (χ3v) is 7.79. The summed E-state index contributed by atoms with van der Waals surface area (Å²) in [5.74, 6) is 0.418. The molecule has 0 spiro atoms. The molecule has 2 unspecified atom stereocenters. The molecule has 0 N–H and O–H groups in total. The molecule has 4 aromatic carbocycles. The summed E-state index contributed by atoms with van der Waals surface area (Å²) in [6.07, 6.45) is 6.21. The molecule has 0 amide bonds. The Bertz CT molecular complexity index is 1540. The molecule has 44 heavy (non-hydrogen) atoms. The number of rotatable bonds is 14. The molecule has 0 saturated heterocycles. The quantitative estimate of drug-likeness (QED) is 0.109. The Morgan fingerprint density at radius 3 is 2.25 bits per heavy atom. The van der Waals surface area contributed by atoms with E-state index in [1.54, 1.807) is 6.92 Å². The van der Waals surface area contributed by atoms with Crippen molar-refractivity contribution in [2.45, 2.75) is 52.2 Å². The molecule has 0 fully saturated rings. The molecule has 1 aliphatic carbocycles. The molecule has 0 heterocycles. The van der Waals surface area contributed by atoms with Gasteiger partial charge in [0.2, 0.25) is 0 Å². The van der Waals surface area contributed by atoms with E-state index in [0.29, 0.717) is 32.8 Å². The minimum absolute atomic E-state index is 0.223. The van der Waals surface area contributed by atoms with Gasteiger partial charge in [-0.05, 0) is 83.0 Å². The van der Waals surface area contributed by atoms with Gasteiger partial charge in [-0.1, -0.05) is 98.3 Å². The largest absolute Gasteiger partial charge is 0.491 e. The van der Waals surface area contributed by atoms with E-state index in [1.807, 2.05) is 37.3 Å². The maximum atomic E-state index is 12.2. The minimum atomic E-state index is -0.611. The number of aryl methyl sites for hydroxylation is 1. The zero-order valence-corrected chi connectivity index (χ0v) is 26.0. The summed E-state index contributed by atoms with van der Waals surface area (Å²) < 4.78 is 23.5. The highest BCUT2D eigenvalue weighted by atomic mass is 16.6. The zero-order valence-electron chi connectivity index (χ0n) is 26.0. The van der Waals surface area contributed by atoms with Gasteiger partial charge < -0.3 is 18.9 Å². The highest BCUT2D eigenvalue weighted by Crippen LogP contribution is 2.38. The lowest BCUT2D eigenvalue weighted by Gasteiger charge is -2.22. The van der Waals surface area contributed by atoms with Crippen molar-refractivity contribution in [2.24, 2.45) is 0 Å². The molecule has 5 heteroatoms. The third kappa shape index (κ3) is 7.85. The molecule has 0 aromatic heterocycles. The number of esters is 1. The number of carbonyl (C=O) groups excluding carboxylic acids is 1. The van der Waals surface area contributed by atoms with Crippen LogP contribution in [0, 0.1) is 0 Å². The van der Waals surface area contributed by atoms with Gasteiger partial charge in [-0.15, -0.1) is 0 Å². The molecule has 0 saturated carbocycles. The average Bonchev–Trinajstić information content (AvgIpc) is 3.20. The average molecular weight is 591 g/mol. The van der Waals surface area contributed by atoms with Gasteiger partial charge in [-0.2, -0.15) is 0 Å². The lowest BCUT2D eigenvalue weighted by molar-refractivity contribution is -0.156. The van der Waals surface area contributed by atoms with Crippen LogP contribution in [0.4, 0.5) is 0 Å². The molecule has 228 valence electrons. The topological polar surface area (TPSA) is 54.0 Å². The summed E-state index contributed by atoms with van der Waals surface area (Å²) in [5, 5.41) is 0. The molecule has 5 nitrogen and oxygen atoms in total. The molecule has 2 atom stereocenters. The zero-order chi connectivity index (χ0) is 30.7. The Kier molecular flexibility index (Phi) is 11.0. The van der Waals surface area contributed by atoms with Crippen LogP contribution < -0.4 is 4.74 Å². The van der Waals surface area contributed by atoms with Crippen LogP contribution in [0.15, 0.2) is 91.0 Å². The Hall–Kier alpha value is -4.19. The van der Waals surface area contributed by atoms with Gasteiger partial charge in [0.25, 0.3) is 0 Å². The fourth-order valence-electron chi connectivity index (χ4n) is 5.65. The summed E-state index contributed by atoms with van der Waals surface area (Å²) >= 11 is 0. The van der Waals surface area contributed by atoms with Gasteiger partial charge in [0, 0.05) is 13.0 Å². The minimum Gasteiger partial charge on any atom is -0.491 e. The van der Waals surface area contributed by atoms with Crippen molar-refractivity contribution in [2.75, 3.05) is 26.4 Å². The van der Waals surface area contributed by atoms with Gasteiger partial charge in [0.05, 0.1) is 13.2 Å². The second-order valence-electron chi connectivity index (χ2n) is 10.9. The second-order valence-corrected chi connectivity index (χ2v) is 10.9. The molecular weight excluding hydrogens is 548 g/mol. The Morgan fingerprint density at radius 1 is 0.727 bits per heavy atom. The van der Waals surface area contributed by atoms with E-state index < -0.39 is 6.10 Å². The first-order valence-electron chi connectivity index (χ1n) is 15.7. The fourth-order valence-corrected chi connectivity index (χ4v) is 5.65. The molecule has 0 radical (unpaired) electrons. The van der Waals surface area contributed by atoms with Crippen molar-refractivity contribution >= 4 is 18.1 Å². The van der Waals surface area contributed by atoms with E-state index in [9.17, 15) is 4.79 Å². The van der Waals surface area contributed by atoms with Crippen LogP contribution in [0.5, 0.6) is 5.75 Å². The summed E-state index contributed by atoms with van der Waals surface area (Å²) in [6, 6.07) is 31.6. The SMILES string of the molecule is CCCc1ccc2c(c1)C=Cc1ccc(-c3ccccc3)cc1C2OCCOc1ccc(CC(OCC)C(=O)OCC)cc1. The number of hydrogen-bond acceptors (Lipinski definition) is 5. The van der Waals surface area contributed by atoms with Crippen LogP contribution in [0.3, 0.4) is 0 Å². The molecule has 0 aliphatic heterocycles. The van der Waals surface area contributed by atoms with E-state index in [2.05, 4.69) is 79.7 Å². The summed E-state index contributed by atoms with van der Waals surface area (Å²) in [6.45, 7) is 7.50. The summed E-state index contributed by atoms with van der Waals surface area (Å²) in [4.78, 5) is 12.2. The van der Waals surface area contributed by atoms with Gasteiger partial charge in [-0.3, -0.25) is 0 Å². The second kappa shape index (κ2) is 15.5. The van der Waals surface area contributed by atoms with Crippen LogP contribution in [-0.2, 0) is 31.8 Å². The van der Waals surface area contributed by atoms with E-state index in [0.717, 1.165) is 35.3 Å².